The highest BCUT2D eigenvalue weighted by Gasteiger charge is 2.36. The van der Waals surface area contributed by atoms with E-state index < -0.39 is 5.97 Å². The molecule has 19 heavy (non-hydrogen) atoms. The zero-order chi connectivity index (χ0) is 13.8. The van der Waals surface area contributed by atoms with Crippen LogP contribution in [0.15, 0.2) is 0 Å². The van der Waals surface area contributed by atoms with Crippen LogP contribution >= 0.6 is 0 Å². The van der Waals surface area contributed by atoms with E-state index in [1.165, 1.54) is 19.3 Å². The topological polar surface area (TPSA) is 60.9 Å². The Morgan fingerprint density at radius 3 is 2.58 bits per heavy atom. The van der Waals surface area contributed by atoms with Gasteiger partial charge in [0.2, 0.25) is 5.91 Å². The van der Waals surface area contributed by atoms with E-state index in [1.54, 1.807) is 0 Å². The van der Waals surface area contributed by atoms with Crippen LogP contribution in [0.25, 0.3) is 0 Å². The van der Waals surface area contributed by atoms with E-state index in [1.807, 2.05) is 16.8 Å². The van der Waals surface area contributed by atoms with E-state index in [0.717, 1.165) is 25.9 Å². The summed E-state index contributed by atoms with van der Waals surface area (Å²) in [5, 5.41) is 8.79. The van der Waals surface area contributed by atoms with Crippen molar-refractivity contribution in [2.75, 3.05) is 20.1 Å². The highest BCUT2D eigenvalue weighted by atomic mass is 16.4. The molecule has 5 nitrogen and oxygen atoms in total. The van der Waals surface area contributed by atoms with Gasteiger partial charge in [0.15, 0.2) is 0 Å². The molecule has 1 unspecified atom stereocenters. The van der Waals surface area contributed by atoms with E-state index in [4.69, 9.17) is 5.11 Å². The average molecular weight is 268 g/mol. The average Bonchev–Trinajstić information content (AvgIpc) is 2.39. The normalized spacial score (nSPS) is 26.7. The molecule has 0 bridgehead atoms. The Morgan fingerprint density at radius 2 is 1.95 bits per heavy atom. The molecule has 0 aromatic rings. The number of amides is 1. The first-order valence-electron chi connectivity index (χ1n) is 7.32. The zero-order valence-electron chi connectivity index (χ0n) is 11.7. The van der Waals surface area contributed by atoms with Crippen molar-refractivity contribution in [3.63, 3.8) is 0 Å². The van der Waals surface area contributed by atoms with E-state index in [2.05, 4.69) is 0 Å². The molecule has 2 aliphatic rings. The van der Waals surface area contributed by atoms with Crippen LogP contribution in [-0.4, -0.2) is 59.0 Å². The Morgan fingerprint density at radius 1 is 1.26 bits per heavy atom. The summed E-state index contributed by atoms with van der Waals surface area (Å²) in [6.45, 7) is 1.65. The van der Waals surface area contributed by atoms with Gasteiger partial charge in [-0.3, -0.25) is 14.5 Å². The predicted octanol–water partition coefficient (Wildman–Crippen LogP) is 1.33. The van der Waals surface area contributed by atoms with E-state index in [9.17, 15) is 9.59 Å². The number of hydrogen-bond donors (Lipinski definition) is 1. The first kappa shape index (κ1) is 14.3. The first-order valence-corrected chi connectivity index (χ1v) is 7.32. The largest absolute Gasteiger partial charge is 0.481 e. The van der Waals surface area contributed by atoms with Crippen molar-refractivity contribution in [3.8, 4) is 0 Å². The van der Waals surface area contributed by atoms with Crippen LogP contribution in [0.2, 0.25) is 0 Å². The Balaban J connectivity index is 1.98. The molecule has 108 valence electrons. The lowest BCUT2D eigenvalue weighted by Gasteiger charge is -2.43. The summed E-state index contributed by atoms with van der Waals surface area (Å²) < 4.78 is 0. The summed E-state index contributed by atoms with van der Waals surface area (Å²) in [4.78, 5) is 27.3. The molecule has 0 aromatic heterocycles. The number of carboxylic acid groups (broad SMARTS) is 1. The molecular formula is C14H24N2O3. The van der Waals surface area contributed by atoms with Gasteiger partial charge in [0.05, 0.1) is 6.04 Å². The monoisotopic (exact) mass is 268 g/mol. The van der Waals surface area contributed by atoms with Gasteiger partial charge in [-0.05, 0) is 26.3 Å². The summed E-state index contributed by atoms with van der Waals surface area (Å²) in [6, 6.07) is 0.147. The van der Waals surface area contributed by atoms with Gasteiger partial charge >= 0.3 is 5.97 Å². The third-order valence-corrected chi connectivity index (χ3v) is 4.44. The molecule has 2 fully saturated rings. The maximum Gasteiger partial charge on any atom is 0.303 e. The predicted molar refractivity (Wildman–Crippen MR) is 71.9 cm³/mol. The fourth-order valence-corrected chi connectivity index (χ4v) is 3.27. The van der Waals surface area contributed by atoms with Crippen molar-refractivity contribution in [2.45, 2.75) is 57.0 Å². The van der Waals surface area contributed by atoms with E-state index in [0.29, 0.717) is 12.5 Å². The van der Waals surface area contributed by atoms with E-state index >= 15 is 0 Å². The quantitative estimate of drug-likeness (QED) is 0.835. The van der Waals surface area contributed by atoms with Crippen molar-refractivity contribution in [3.05, 3.63) is 0 Å². The molecule has 1 heterocycles. The number of rotatable bonds is 4. The molecule has 1 aliphatic heterocycles. The minimum atomic E-state index is -0.823. The van der Waals surface area contributed by atoms with Gasteiger partial charge in [0, 0.05) is 25.6 Å². The highest BCUT2D eigenvalue weighted by molar-refractivity contribution is 5.83. The van der Waals surface area contributed by atoms with Crippen molar-refractivity contribution < 1.29 is 14.7 Å². The minimum absolute atomic E-state index is 0.0687. The first-order chi connectivity index (χ1) is 9.09. The fourth-order valence-electron chi connectivity index (χ4n) is 3.27. The second-order valence-corrected chi connectivity index (χ2v) is 5.75. The van der Waals surface area contributed by atoms with Gasteiger partial charge < -0.3 is 10.0 Å². The molecule has 1 amide bonds. The van der Waals surface area contributed by atoms with Crippen LogP contribution in [-0.2, 0) is 9.59 Å². The number of carbonyl (C=O) groups excluding carboxylic acids is 1. The van der Waals surface area contributed by atoms with Crippen molar-refractivity contribution >= 4 is 11.9 Å². The lowest BCUT2D eigenvalue weighted by atomic mass is 9.92. The van der Waals surface area contributed by atoms with Crippen LogP contribution < -0.4 is 0 Å². The van der Waals surface area contributed by atoms with Gasteiger partial charge in [0.25, 0.3) is 0 Å². The third-order valence-electron chi connectivity index (χ3n) is 4.44. The lowest BCUT2D eigenvalue weighted by Crippen LogP contribution is -2.58. The minimum Gasteiger partial charge on any atom is -0.481 e. The molecule has 5 heteroatoms. The number of piperazine rings is 1. The van der Waals surface area contributed by atoms with Gasteiger partial charge in [-0.1, -0.05) is 19.3 Å². The second-order valence-electron chi connectivity index (χ2n) is 5.75. The zero-order valence-corrected chi connectivity index (χ0v) is 11.7. The van der Waals surface area contributed by atoms with Crippen molar-refractivity contribution in [1.82, 2.24) is 9.80 Å². The molecule has 1 aliphatic carbocycles. The highest BCUT2D eigenvalue weighted by Crippen LogP contribution is 2.26. The maximum absolute atomic E-state index is 12.5. The number of nitrogens with zero attached hydrogens (tertiary/aromatic N) is 2. The van der Waals surface area contributed by atoms with Crippen molar-refractivity contribution in [1.29, 1.82) is 0 Å². The van der Waals surface area contributed by atoms with Gasteiger partial charge in [0.1, 0.15) is 0 Å². The molecule has 1 saturated heterocycles. The summed E-state index contributed by atoms with van der Waals surface area (Å²) in [6.07, 6.45) is 6.42. The van der Waals surface area contributed by atoms with Crippen LogP contribution in [0.5, 0.6) is 0 Å². The molecule has 0 radical (unpaired) electrons. The molecule has 1 saturated carbocycles. The van der Waals surface area contributed by atoms with Crippen LogP contribution in [0.3, 0.4) is 0 Å². The number of carboxylic acids is 1. The Labute approximate surface area is 114 Å². The van der Waals surface area contributed by atoms with Gasteiger partial charge in [-0.25, -0.2) is 0 Å². The van der Waals surface area contributed by atoms with Crippen LogP contribution in [0.1, 0.15) is 44.9 Å². The fraction of sp³-hybridized carbons (Fsp3) is 0.857. The Bertz CT molecular complexity index is 340. The molecule has 2 rings (SSSR count). The Kier molecular flexibility index (Phi) is 4.80. The Hall–Kier alpha value is -1.10. The number of carbonyl (C=O) groups is 2. The number of hydrogen-bond acceptors (Lipinski definition) is 3. The lowest BCUT2D eigenvalue weighted by molar-refractivity contribution is -0.145. The molecular weight excluding hydrogens is 244 g/mol. The maximum atomic E-state index is 12.5. The summed E-state index contributed by atoms with van der Waals surface area (Å²) in [5.74, 6) is -0.683. The third kappa shape index (κ3) is 3.47. The summed E-state index contributed by atoms with van der Waals surface area (Å²) in [7, 11) is 1.92. The van der Waals surface area contributed by atoms with Gasteiger partial charge in [-0.2, -0.15) is 0 Å². The SMILES string of the molecule is CN1CCN(C2CCCCC2)C(=O)C1CCC(=O)O. The molecule has 0 aromatic carbocycles. The number of aliphatic carboxylic acids is 1. The van der Waals surface area contributed by atoms with Crippen molar-refractivity contribution in [2.24, 2.45) is 0 Å². The molecule has 0 spiro atoms. The van der Waals surface area contributed by atoms with Crippen LogP contribution in [0.4, 0.5) is 0 Å². The number of likely N-dealkylation sites (N-methyl/N-ethyl adjacent to an activating group) is 1. The molecule has 1 atom stereocenters. The molecule has 1 N–H and O–H groups in total. The smallest absolute Gasteiger partial charge is 0.303 e. The second kappa shape index (κ2) is 6.37. The van der Waals surface area contributed by atoms with Crippen LogP contribution in [0, 0.1) is 0 Å². The summed E-state index contributed by atoms with van der Waals surface area (Å²) in [5.41, 5.74) is 0. The summed E-state index contributed by atoms with van der Waals surface area (Å²) >= 11 is 0. The standard InChI is InChI=1S/C14H24N2O3/c1-15-9-10-16(11-5-3-2-4-6-11)14(19)12(15)7-8-13(17)18/h11-12H,2-10H2,1H3,(H,17,18). The van der Waals surface area contributed by atoms with E-state index in [-0.39, 0.29) is 18.4 Å². The van der Waals surface area contributed by atoms with Gasteiger partial charge in [-0.15, -0.1) is 0 Å².